The Hall–Kier alpha value is -2.35. The van der Waals surface area contributed by atoms with E-state index in [1.165, 1.54) is 4.90 Å². The molecule has 2 rings (SSSR count). The quantitative estimate of drug-likeness (QED) is 0.842. The van der Waals surface area contributed by atoms with Crippen LogP contribution < -0.4 is 5.32 Å². The molecule has 0 aliphatic carbocycles. The molecule has 1 unspecified atom stereocenters. The molecule has 0 spiro atoms. The van der Waals surface area contributed by atoms with Crippen LogP contribution in [0.1, 0.15) is 38.7 Å². The molecule has 0 saturated carbocycles. The van der Waals surface area contributed by atoms with E-state index < -0.39 is 6.04 Å². The van der Waals surface area contributed by atoms with E-state index >= 15 is 0 Å². The fraction of sp³-hybridized carbons (Fsp3) is 0.438. The van der Waals surface area contributed by atoms with Crippen LogP contribution in [-0.2, 0) is 9.59 Å². The summed E-state index contributed by atoms with van der Waals surface area (Å²) in [5.74, 6) is -0.266. The van der Waals surface area contributed by atoms with Crippen LogP contribution in [0.15, 0.2) is 24.3 Å². The van der Waals surface area contributed by atoms with E-state index in [2.05, 4.69) is 5.32 Å². The van der Waals surface area contributed by atoms with Crippen molar-refractivity contribution in [3.05, 3.63) is 29.8 Å². The maximum atomic E-state index is 12.4. The van der Waals surface area contributed by atoms with Crippen LogP contribution >= 0.6 is 0 Å². The summed E-state index contributed by atoms with van der Waals surface area (Å²) in [4.78, 5) is 25.9. The Morgan fingerprint density at radius 3 is 2.43 bits per heavy atom. The van der Waals surface area contributed by atoms with E-state index in [1.54, 1.807) is 24.3 Å². The lowest BCUT2D eigenvalue weighted by Crippen LogP contribution is -2.41. The summed E-state index contributed by atoms with van der Waals surface area (Å²) in [6.45, 7) is 3.96. The van der Waals surface area contributed by atoms with Gasteiger partial charge >= 0.3 is 0 Å². The molecule has 110 valence electrons. The van der Waals surface area contributed by atoms with Gasteiger partial charge in [0.2, 0.25) is 5.91 Å². The zero-order valence-electron chi connectivity index (χ0n) is 12.3. The molecule has 21 heavy (non-hydrogen) atoms. The molecule has 2 amide bonds. The number of anilines is 1. The number of nitriles is 1. The number of imide groups is 1. The predicted molar refractivity (Wildman–Crippen MR) is 79.4 cm³/mol. The van der Waals surface area contributed by atoms with Gasteiger partial charge in [-0.25, -0.2) is 0 Å². The van der Waals surface area contributed by atoms with E-state index in [4.69, 9.17) is 5.26 Å². The number of benzene rings is 1. The second kappa shape index (κ2) is 6.40. The van der Waals surface area contributed by atoms with Gasteiger partial charge in [-0.15, -0.1) is 0 Å². The normalized spacial score (nSPS) is 18.2. The Morgan fingerprint density at radius 1 is 1.29 bits per heavy atom. The number of amides is 2. The summed E-state index contributed by atoms with van der Waals surface area (Å²) in [6.07, 6.45) is 1.74. The Kier molecular flexibility index (Phi) is 4.59. The van der Waals surface area contributed by atoms with Crippen LogP contribution in [0.2, 0.25) is 0 Å². The molecule has 1 heterocycles. The third kappa shape index (κ3) is 3.05. The van der Waals surface area contributed by atoms with Crippen molar-refractivity contribution >= 4 is 17.5 Å². The number of carbonyl (C=O) groups is 2. The smallest absolute Gasteiger partial charge is 0.252 e. The molecule has 1 aromatic rings. The van der Waals surface area contributed by atoms with Gasteiger partial charge < -0.3 is 5.32 Å². The Balaban J connectivity index is 2.10. The lowest BCUT2D eigenvalue weighted by atomic mass is 10.1. The molecule has 0 radical (unpaired) electrons. The van der Waals surface area contributed by atoms with E-state index in [0.29, 0.717) is 5.56 Å². The first-order valence-electron chi connectivity index (χ1n) is 7.23. The lowest BCUT2D eigenvalue weighted by Gasteiger charge is -2.24. The number of likely N-dealkylation sites (tertiary alicyclic amines) is 1. The van der Waals surface area contributed by atoms with Crippen molar-refractivity contribution in [1.82, 2.24) is 4.90 Å². The second-order valence-electron chi connectivity index (χ2n) is 5.16. The van der Waals surface area contributed by atoms with Crippen LogP contribution in [0, 0.1) is 11.3 Å². The Labute approximate surface area is 124 Å². The summed E-state index contributed by atoms with van der Waals surface area (Å²) in [5.41, 5.74) is 1.31. The molecule has 1 saturated heterocycles. The van der Waals surface area contributed by atoms with Crippen molar-refractivity contribution in [2.75, 3.05) is 5.32 Å². The number of hydrogen-bond donors (Lipinski definition) is 1. The van der Waals surface area contributed by atoms with Crippen molar-refractivity contribution in [3.8, 4) is 6.07 Å². The average molecular weight is 285 g/mol. The van der Waals surface area contributed by atoms with Gasteiger partial charge in [0.25, 0.3) is 5.91 Å². The molecule has 0 aromatic heterocycles. The van der Waals surface area contributed by atoms with Crippen LogP contribution in [0.3, 0.4) is 0 Å². The van der Waals surface area contributed by atoms with Gasteiger partial charge in [0, 0.05) is 11.7 Å². The summed E-state index contributed by atoms with van der Waals surface area (Å²) in [7, 11) is 0. The van der Waals surface area contributed by atoms with Gasteiger partial charge in [0.1, 0.15) is 6.04 Å². The minimum atomic E-state index is -0.508. The van der Waals surface area contributed by atoms with Gasteiger partial charge in [-0.2, -0.15) is 5.26 Å². The molecule has 5 heteroatoms. The van der Waals surface area contributed by atoms with Crippen molar-refractivity contribution in [2.45, 2.75) is 45.2 Å². The van der Waals surface area contributed by atoms with E-state index in [9.17, 15) is 9.59 Å². The highest BCUT2D eigenvalue weighted by Crippen LogP contribution is 2.23. The van der Waals surface area contributed by atoms with Gasteiger partial charge in [-0.05, 0) is 37.1 Å². The number of nitrogens with one attached hydrogen (secondary N) is 1. The molecule has 1 aromatic carbocycles. The Bertz CT molecular complexity index is 570. The highest BCUT2D eigenvalue weighted by atomic mass is 16.2. The number of rotatable bonds is 5. The monoisotopic (exact) mass is 285 g/mol. The minimum absolute atomic E-state index is 0.0160. The molecule has 1 aliphatic rings. The summed E-state index contributed by atoms with van der Waals surface area (Å²) in [5, 5.41) is 11.8. The molecule has 1 aliphatic heterocycles. The third-order valence-corrected chi connectivity index (χ3v) is 3.85. The second-order valence-corrected chi connectivity index (χ2v) is 5.16. The first-order chi connectivity index (χ1) is 10.1. The third-order valence-electron chi connectivity index (χ3n) is 3.85. The van der Waals surface area contributed by atoms with Gasteiger partial charge in [0.15, 0.2) is 0 Å². The van der Waals surface area contributed by atoms with E-state index in [1.807, 2.05) is 19.9 Å². The molecule has 0 bridgehead atoms. The van der Waals surface area contributed by atoms with Crippen molar-refractivity contribution in [2.24, 2.45) is 0 Å². The molecular formula is C16H19N3O2. The van der Waals surface area contributed by atoms with Crippen LogP contribution in [0.4, 0.5) is 5.69 Å². The SMILES string of the molecule is CCC(CC)N1C(=O)CC(Nc2ccc(C#N)cc2)C1=O. The van der Waals surface area contributed by atoms with Crippen molar-refractivity contribution < 1.29 is 9.59 Å². The largest absolute Gasteiger partial charge is 0.373 e. The highest BCUT2D eigenvalue weighted by Gasteiger charge is 2.41. The minimum Gasteiger partial charge on any atom is -0.373 e. The molecule has 1 N–H and O–H groups in total. The number of hydrogen-bond acceptors (Lipinski definition) is 4. The number of carbonyl (C=O) groups excluding carboxylic acids is 2. The van der Waals surface area contributed by atoms with Crippen molar-refractivity contribution in [1.29, 1.82) is 5.26 Å². The topological polar surface area (TPSA) is 73.2 Å². The first kappa shape index (κ1) is 15.0. The summed E-state index contributed by atoms with van der Waals surface area (Å²) in [6, 6.07) is 8.38. The standard InChI is InChI=1S/C16H19N3O2/c1-3-13(4-2)19-15(20)9-14(16(19)21)18-12-7-5-11(10-17)6-8-12/h5-8,13-14,18H,3-4,9H2,1-2H3. The molecule has 1 fully saturated rings. The average Bonchev–Trinajstić information content (AvgIpc) is 2.77. The predicted octanol–water partition coefficient (Wildman–Crippen LogP) is 2.29. The van der Waals surface area contributed by atoms with Gasteiger partial charge in [-0.1, -0.05) is 13.8 Å². The Morgan fingerprint density at radius 2 is 1.90 bits per heavy atom. The van der Waals surface area contributed by atoms with E-state index in [-0.39, 0.29) is 24.3 Å². The lowest BCUT2D eigenvalue weighted by molar-refractivity contribution is -0.141. The fourth-order valence-electron chi connectivity index (χ4n) is 2.64. The molecule has 5 nitrogen and oxygen atoms in total. The number of nitrogens with zero attached hydrogens (tertiary/aromatic N) is 2. The maximum Gasteiger partial charge on any atom is 0.252 e. The van der Waals surface area contributed by atoms with Crippen LogP contribution in [0.25, 0.3) is 0 Å². The fourth-order valence-corrected chi connectivity index (χ4v) is 2.64. The zero-order valence-corrected chi connectivity index (χ0v) is 12.3. The van der Waals surface area contributed by atoms with Gasteiger partial charge in [-0.3, -0.25) is 14.5 Å². The van der Waals surface area contributed by atoms with Crippen LogP contribution in [0.5, 0.6) is 0 Å². The first-order valence-corrected chi connectivity index (χ1v) is 7.23. The summed E-state index contributed by atoms with van der Waals surface area (Å²) >= 11 is 0. The molecular weight excluding hydrogens is 266 g/mol. The van der Waals surface area contributed by atoms with Crippen molar-refractivity contribution in [3.63, 3.8) is 0 Å². The highest BCUT2D eigenvalue weighted by molar-refractivity contribution is 6.07. The summed E-state index contributed by atoms with van der Waals surface area (Å²) < 4.78 is 0. The van der Waals surface area contributed by atoms with Crippen LogP contribution in [-0.4, -0.2) is 28.8 Å². The van der Waals surface area contributed by atoms with Gasteiger partial charge in [0.05, 0.1) is 18.1 Å². The zero-order chi connectivity index (χ0) is 15.4. The maximum absolute atomic E-state index is 12.4. The molecule has 1 atom stereocenters. The van der Waals surface area contributed by atoms with E-state index in [0.717, 1.165) is 18.5 Å².